The first-order chi connectivity index (χ1) is 18.0. The van der Waals surface area contributed by atoms with Crippen LogP contribution >= 0.6 is 11.9 Å². The van der Waals surface area contributed by atoms with Gasteiger partial charge in [-0.15, -0.1) is 0 Å². The summed E-state index contributed by atoms with van der Waals surface area (Å²) in [5, 5.41) is 0. The summed E-state index contributed by atoms with van der Waals surface area (Å²) in [5.41, 5.74) is 4.10. The lowest BCUT2D eigenvalue weighted by molar-refractivity contribution is 0.120. The van der Waals surface area contributed by atoms with Crippen LogP contribution in [0.2, 0.25) is 0 Å². The molecule has 5 rings (SSSR count). The molecule has 1 fully saturated rings. The van der Waals surface area contributed by atoms with Crippen LogP contribution in [0.1, 0.15) is 57.5 Å². The van der Waals surface area contributed by atoms with Gasteiger partial charge in [0.1, 0.15) is 5.82 Å². The average molecular weight is 515 g/mol. The van der Waals surface area contributed by atoms with Crippen molar-refractivity contribution in [2.75, 3.05) is 24.6 Å². The largest absolute Gasteiger partial charge is 0.381 e. The van der Waals surface area contributed by atoms with E-state index >= 15 is 0 Å². The molecule has 194 valence electrons. The van der Waals surface area contributed by atoms with Crippen molar-refractivity contribution < 1.29 is 4.74 Å². The lowest BCUT2D eigenvalue weighted by Crippen LogP contribution is -2.27. The third-order valence-electron chi connectivity index (χ3n) is 7.46. The Morgan fingerprint density at radius 2 is 1.81 bits per heavy atom. The van der Waals surface area contributed by atoms with E-state index in [1.807, 2.05) is 12.3 Å². The van der Waals surface area contributed by atoms with Crippen molar-refractivity contribution in [2.45, 2.75) is 62.8 Å². The van der Waals surface area contributed by atoms with Crippen molar-refractivity contribution in [3.8, 4) is 0 Å². The average Bonchev–Trinajstić information content (AvgIpc) is 3.34. The third kappa shape index (κ3) is 6.02. The molecule has 0 amide bonds. The Balaban J connectivity index is 1.52. The molecule has 0 radical (unpaired) electrons. The maximum Gasteiger partial charge on any atom is 0.121 e. The van der Waals surface area contributed by atoms with Crippen LogP contribution in [0.25, 0.3) is 11.0 Å². The minimum absolute atomic E-state index is 0.319. The monoisotopic (exact) mass is 514 g/mol. The molecule has 0 aliphatic carbocycles. The van der Waals surface area contributed by atoms with Gasteiger partial charge in [-0.05, 0) is 93.4 Å². The van der Waals surface area contributed by atoms with E-state index < -0.39 is 0 Å². The van der Waals surface area contributed by atoms with Gasteiger partial charge in [-0.2, -0.15) is 0 Å². The second-order valence-electron chi connectivity index (χ2n) is 10.6. The van der Waals surface area contributed by atoms with Crippen molar-refractivity contribution in [3.63, 3.8) is 0 Å². The highest BCUT2D eigenvalue weighted by Gasteiger charge is 2.32. The Kier molecular flexibility index (Phi) is 8.16. The molecule has 1 aliphatic heterocycles. The highest BCUT2D eigenvalue weighted by molar-refractivity contribution is 8.00. The lowest BCUT2D eigenvalue weighted by Gasteiger charge is -2.27. The molecule has 0 spiro atoms. The molecule has 3 heterocycles. The molecular weight excluding hydrogens is 476 g/mol. The number of nitrogens with zero attached hydrogens (tertiary/aromatic N) is 4. The Hall–Kier alpha value is -2.83. The zero-order valence-corrected chi connectivity index (χ0v) is 23.1. The Morgan fingerprint density at radius 1 is 0.973 bits per heavy atom. The zero-order valence-electron chi connectivity index (χ0n) is 22.3. The number of rotatable bonds is 7. The molecule has 2 aromatic carbocycles. The minimum atomic E-state index is -0.319. The molecule has 4 aromatic rings. The molecule has 37 heavy (non-hydrogen) atoms. The first-order valence-electron chi connectivity index (χ1n) is 13.5. The number of fused-ring (bicyclic) bond motifs is 1. The number of imidazole rings is 1. The molecule has 0 N–H and O–H groups in total. The summed E-state index contributed by atoms with van der Waals surface area (Å²) in [6, 6.07) is 23.4. The predicted molar refractivity (Wildman–Crippen MR) is 154 cm³/mol. The van der Waals surface area contributed by atoms with E-state index in [-0.39, 0.29) is 5.41 Å². The quantitative estimate of drug-likeness (QED) is 0.239. The predicted octanol–water partition coefficient (Wildman–Crippen LogP) is 7.50. The summed E-state index contributed by atoms with van der Waals surface area (Å²) in [6.07, 6.45) is 7.91. The summed E-state index contributed by atoms with van der Waals surface area (Å²) in [4.78, 5) is 11.2. The van der Waals surface area contributed by atoms with Gasteiger partial charge in [-0.3, -0.25) is 4.98 Å². The fraction of sp³-hybridized carbons (Fsp3) is 0.419. The van der Waals surface area contributed by atoms with E-state index in [9.17, 15) is 0 Å². The van der Waals surface area contributed by atoms with Crippen LogP contribution in [0.4, 0.5) is 5.69 Å². The van der Waals surface area contributed by atoms with Crippen molar-refractivity contribution in [3.05, 3.63) is 84.4 Å². The molecule has 6 heteroatoms. The first kappa shape index (κ1) is 25.8. The van der Waals surface area contributed by atoms with Crippen LogP contribution in [0.5, 0.6) is 0 Å². The van der Waals surface area contributed by atoms with Crippen molar-refractivity contribution in [2.24, 2.45) is 5.92 Å². The Morgan fingerprint density at radius 3 is 2.62 bits per heavy atom. The topological polar surface area (TPSA) is 43.2 Å². The number of hydrogen-bond donors (Lipinski definition) is 0. The standard InChI is InChI=1S/C31H38N4OS/c1-31(2,29-15-9-10-19-32-29)30-33-27-22-25(34(3)37-26-13-7-4-8-14-26)16-17-28(27)35(30)23-24-12-6-5-11-20-36-21-18-24/h4,7-10,13-17,19,22,24H,5-6,11-12,18,20-21,23H2,1-3H3. The van der Waals surface area contributed by atoms with Gasteiger partial charge in [-0.1, -0.05) is 37.1 Å². The SMILES string of the molecule is CN(Sc1ccccc1)c1ccc2c(c1)nc(C(C)(C)c1ccccn1)n2CC1CCCCCOCC1. The Labute approximate surface area is 225 Å². The van der Waals surface area contributed by atoms with E-state index in [1.165, 1.54) is 36.1 Å². The molecule has 1 saturated heterocycles. The van der Waals surface area contributed by atoms with Gasteiger partial charge in [0.2, 0.25) is 0 Å². The van der Waals surface area contributed by atoms with Gasteiger partial charge in [-0.25, -0.2) is 4.98 Å². The maximum absolute atomic E-state index is 5.91. The molecule has 1 aliphatic rings. The van der Waals surface area contributed by atoms with Crippen LogP contribution in [0, 0.1) is 5.92 Å². The van der Waals surface area contributed by atoms with Crippen molar-refractivity contribution >= 4 is 28.7 Å². The van der Waals surface area contributed by atoms with Gasteiger partial charge in [0, 0.05) is 43.6 Å². The van der Waals surface area contributed by atoms with E-state index in [4.69, 9.17) is 14.7 Å². The number of benzene rings is 2. The van der Waals surface area contributed by atoms with Crippen LogP contribution in [0.3, 0.4) is 0 Å². The number of hydrogen-bond acceptors (Lipinski definition) is 5. The summed E-state index contributed by atoms with van der Waals surface area (Å²) in [5.74, 6) is 1.65. The fourth-order valence-corrected chi connectivity index (χ4v) is 6.08. The minimum Gasteiger partial charge on any atom is -0.381 e. The van der Waals surface area contributed by atoms with E-state index in [1.54, 1.807) is 11.9 Å². The van der Waals surface area contributed by atoms with Crippen molar-refractivity contribution in [1.29, 1.82) is 0 Å². The first-order valence-corrected chi connectivity index (χ1v) is 14.3. The summed E-state index contributed by atoms with van der Waals surface area (Å²) < 4.78 is 10.6. The highest BCUT2D eigenvalue weighted by Crippen LogP contribution is 2.36. The number of ether oxygens (including phenoxy) is 1. The number of anilines is 1. The lowest BCUT2D eigenvalue weighted by atomic mass is 9.87. The molecular formula is C31H38N4OS. The number of pyridine rings is 1. The van der Waals surface area contributed by atoms with Crippen LogP contribution < -0.4 is 4.31 Å². The van der Waals surface area contributed by atoms with E-state index in [2.05, 4.69) is 90.4 Å². The van der Waals surface area contributed by atoms with E-state index in [0.717, 1.165) is 48.9 Å². The summed E-state index contributed by atoms with van der Waals surface area (Å²) in [7, 11) is 2.12. The Bertz CT molecular complexity index is 1280. The van der Waals surface area contributed by atoms with Crippen LogP contribution in [-0.4, -0.2) is 34.8 Å². The van der Waals surface area contributed by atoms with Crippen molar-refractivity contribution in [1.82, 2.24) is 14.5 Å². The normalized spacial score (nSPS) is 17.2. The van der Waals surface area contributed by atoms with Gasteiger partial charge in [0.05, 0.1) is 22.1 Å². The molecule has 5 nitrogen and oxygen atoms in total. The van der Waals surface area contributed by atoms with Gasteiger partial charge < -0.3 is 13.6 Å². The highest BCUT2D eigenvalue weighted by atomic mass is 32.2. The smallest absolute Gasteiger partial charge is 0.121 e. The summed E-state index contributed by atoms with van der Waals surface area (Å²) >= 11 is 1.73. The van der Waals surface area contributed by atoms with Gasteiger partial charge in [0.15, 0.2) is 0 Å². The molecule has 0 saturated carbocycles. The fourth-order valence-electron chi connectivity index (χ4n) is 5.27. The van der Waals surface area contributed by atoms with E-state index in [0.29, 0.717) is 5.92 Å². The zero-order chi connectivity index (χ0) is 25.7. The number of aromatic nitrogens is 3. The van der Waals surface area contributed by atoms with Crippen LogP contribution in [0.15, 0.2) is 77.8 Å². The molecule has 2 aromatic heterocycles. The van der Waals surface area contributed by atoms with Gasteiger partial charge in [0.25, 0.3) is 0 Å². The molecule has 0 bridgehead atoms. The summed E-state index contributed by atoms with van der Waals surface area (Å²) in [6.45, 7) is 7.20. The van der Waals surface area contributed by atoms with Crippen LogP contribution in [-0.2, 0) is 16.7 Å². The van der Waals surface area contributed by atoms with Gasteiger partial charge >= 0.3 is 0 Å². The molecule has 1 unspecified atom stereocenters. The molecule has 1 atom stereocenters. The second kappa shape index (κ2) is 11.7. The third-order valence-corrected chi connectivity index (χ3v) is 8.43. The maximum atomic E-state index is 5.91. The second-order valence-corrected chi connectivity index (χ2v) is 11.8.